The SMILES string of the molecule is COc1ccc(C2(O)CC3COCC(C2)N3C(=O)OCC2c3ccccc3-c3ccccc32)cc1OC. The Morgan fingerprint density at radius 3 is 2.11 bits per heavy atom. The van der Waals surface area contributed by atoms with Crippen molar-refractivity contribution in [3.05, 3.63) is 83.4 Å². The van der Waals surface area contributed by atoms with Crippen molar-refractivity contribution < 1.29 is 28.8 Å². The number of nitrogens with zero attached hydrogens (tertiary/aromatic N) is 1. The third-order valence-electron chi connectivity index (χ3n) is 8.02. The molecule has 192 valence electrons. The number of hydrogen-bond acceptors (Lipinski definition) is 6. The number of piperidine rings is 1. The Labute approximate surface area is 216 Å². The van der Waals surface area contributed by atoms with E-state index in [1.165, 1.54) is 22.3 Å². The van der Waals surface area contributed by atoms with Gasteiger partial charge in [-0.05, 0) is 39.9 Å². The molecule has 1 amide bonds. The first-order valence-electron chi connectivity index (χ1n) is 12.7. The summed E-state index contributed by atoms with van der Waals surface area (Å²) in [6.45, 7) is 0.982. The third-order valence-corrected chi connectivity index (χ3v) is 8.02. The normalized spacial score (nSPS) is 24.2. The maximum atomic E-state index is 13.5. The zero-order valence-electron chi connectivity index (χ0n) is 21.1. The topological polar surface area (TPSA) is 77.5 Å². The van der Waals surface area contributed by atoms with E-state index >= 15 is 0 Å². The zero-order chi connectivity index (χ0) is 25.6. The van der Waals surface area contributed by atoms with Gasteiger partial charge < -0.3 is 24.1 Å². The van der Waals surface area contributed by atoms with Gasteiger partial charge in [-0.15, -0.1) is 0 Å². The molecular formula is C30H31NO6. The van der Waals surface area contributed by atoms with Crippen LogP contribution in [0.2, 0.25) is 0 Å². The number of morpholine rings is 1. The fourth-order valence-electron chi connectivity index (χ4n) is 6.30. The molecular weight excluding hydrogens is 470 g/mol. The molecule has 3 aromatic carbocycles. The summed E-state index contributed by atoms with van der Waals surface area (Å²) in [6.07, 6.45) is 0.348. The molecule has 0 aromatic heterocycles. The molecule has 0 saturated carbocycles. The number of amides is 1. The number of carbonyl (C=O) groups excluding carboxylic acids is 1. The van der Waals surface area contributed by atoms with Crippen LogP contribution in [-0.2, 0) is 15.1 Å². The predicted molar refractivity (Wildman–Crippen MR) is 138 cm³/mol. The zero-order valence-corrected chi connectivity index (χ0v) is 21.1. The molecule has 7 nitrogen and oxygen atoms in total. The second-order valence-corrected chi connectivity index (χ2v) is 10.1. The molecule has 1 N–H and O–H groups in total. The summed E-state index contributed by atoms with van der Waals surface area (Å²) in [5.41, 5.74) is 4.39. The molecule has 2 fully saturated rings. The number of aliphatic hydroxyl groups is 1. The van der Waals surface area contributed by atoms with Crippen LogP contribution in [0, 0.1) is 0 Å². The van der Waals surface area contributed by atoms with Gasteiger partial charge in [0, 0.05) is 18.8 Å². The highest BCUT2D eigenvalue weighted by atomic mass is 16.6. The summed E-state index contributed by atoms with van der Waals surface area (Å²) in [4.78, 5) is 15.2. The van der Waals surface area contributed by atoms with Crippen molar-refractivity contribution in [2.45, 2.75) is 36.4 Å². The Balaban J connectivity index is 1.20. The van der Waals surface area contributed by atoms with E-state index < -0.39 is 5.60 Å². The first-order valence-corrected chi connectivity index (χ1v) is 12.7. The van der Waals surface area contributed by atoms with E-state index in [1.807, 2.05) is 36.4 Å². The number of ether oxygens (including phenoxy) is 4. The highest BCUT2D eigenvalue weighted by molar-refractivity contribution is 5.79. The number of fused-ring (bicyclic) bond motifs is 5. The van der Waals surface area contributed by atoms with E-state index in [9.17, 15) is 9.90 Å². The number of hydrogen-bond donors (Lipinski definition) is 1. The quantitative estimate of drug-likeness (QED) is 0.546. The Morgan fingerprint density at radius 2 is 1.51 bits per heavy atom. The van der Waals surface area contributed by atoms with E-state index in [0.29, 0.717) is 37.6 Å². The fourth-order valence-corrected chi connectivity index (χ4v) is 6.30. The minimum atomic E-state index is -1.11. The van der Waals surface area contributed by atoms with Crippen molar-refractivity contribution in [2.24, 2.45) is 0 Å². The predicted octanol–water partition coefficient (Wildman–Crippen LogP) is 4.70. The summed E-state index contributed by atoms with van der Waals surface area (Å²) in [5, 5.41) is 11.7. The second kappa shape index (κ2) is 9.39. The fraction of sp³-hybridized carbons (Fsp3) is 0.367. The van der Waals surface area contributed by atoms with Gasteiger partial charge in [0.2, 0.25) is 0 Å². The summed E-state index contributed by atoms with van der Waals surface area (Å²) in [6, 6.07) is 21.5. The maximum absolute atomic E-state index is 13.5. The lowest BCUT2D eigenvalue weighted by Crippen LogP contribution is -2.62. The molecule has 0 spiro atoms. The lowest BCUT2D eigenvalue weighted by atomic mass is 9.77. The Kier molecular flexibility index (Phi) is 6.05. The summed E-state index contributed by atoms with van der Waals surface area (Å²) >= 11 is 0. The van der Waals surface area contributed by atoms with Crippen LogP contribution in [0.5, 0.6) is 11.5 Å². The van der Waals surface area contributed by atoms with Gasteiger partial charge in [-0.2, -0.15) is 0 Å². The minimum Gasteiger partial charge on any atom is -0.493 e. The Hall–Kier alpha value is -3.55. The Morgan fingerprint density at radius 1 is 0.919 bits per heavy atom. The van der Waals surface area contributed by atoms with Crippen LogP contribution in [0.15, 0.2) is 66.7 Å². The molecule has 7 heteroatoms. The van der Waals surface area contributed by atoms with E-state index in [-0.39, 0.29) is 30.7 Å². The van der Waals surface area contributed by atoms with Gasteiger partial charge in [0.1, 0.15) is 6.61 Å². The first kappa shape index (κ1) is 23.8. The van der Waals surface area contributed by atoms with Crippen molar-refractivity contribution in [3.8, 4) is 22.6 Å². The lowest BCUT2D eigenvalue weighted by Gasteiger charge is -2.51. The van der Waals surface area contributed by atoms with Gasteiger partial charge in [-0.3, -0.25) is 4.90 Å². The summed E-state index contributed by atoms with van der Waals surface area (Å²) in [7, 11) is 3.16. The van der Waals surface area contributed by atoms with Crippen molar-refractivity contribution in [2.75, 3.05) is 34.0 Å². The molecule has 2 unspecified atom stereocenters. The largest absolute Gasteiger partial charge is 0.493 e. The summed E-state index contributed by atoms with van der Waals surface area (Å²) in [5.74, 6) is 1.17. The monoisotopic (exact) mass is 501 g/mol. The standard InChI is InChI=1S/C30H31NO6/c1-34-27-12-11-19(13-28(27)35-2)30(33)14-20-16-36-17-21(15-30)31(20)29(32)37-18-26-24-9-5-3-7-22(24)23-8-4-6-10-25(23)26/h3-13,20-21,26,33H,14-18H2,1-2H3. The number of methoxy groups -OCH3 is 2. The van der Waals surface area contributed by atoms with Crippen LogP contribution in [0.3, 0.4) is 0 Å². The van der Waals surface area contributed by atoms with E-state index in [0.717, 1.165) is 5.56 Å². The van der Waals surface area contributed by atoms with E-state index in [2.05, 4.69) is 24.3 Å². The molecule has 0 radical (unpaired) electrons. The lowest BCUT2D eigenvalue weighted by molar-refractivity contribution is -0.136. The Bertz CT molecular complexity index is 1260. The van der Waals surface area contributed by atoms with Crippen LogP contribution >= 0.6 is 0 Å². The van der Waals surface area contributed by atoms with Crippen molar-refractivity contribution in [3.63, 3.8) is 0 Å². The van der Waals surface area contributed by atoms with Crippen LogP contribution < -0.4 is 9.47 Å². The summed E-state index contributed by atoms with van der Waals surface area (Å²) < 4.78 is 22.6. The first-order chi connectivity index (χ1) is 18.0. The number of carbonyl (C=O) groups is 1. The number of benzene rings is 3. The van der Waals surface area contributed by atoms with E-state index in [1.54, 1.807) is 25.2 Å². The van der Waals surface area contributed by atoms with Gasteiger partial charge in [0.05, 0.1) is 45.1 Å². The van der Waals surface area contributed by atoms with Crippen LogP contribution in [0.1, 0.15) is 35.4 Å². The van der Waals surface area contributed by atoms with Gasteiger partial charge in [-0.1, -0.05) is 54.6 Å². The van der Waals surface area contributed by atoms with Crippen LogP contribution in [0.25, 0.3) is 11.1 Å². The second-order valence-electron chi connectivity index (χ2n) is 10.1. The third kappa shape index (κ3) is 4.03. The molecule has 1 aliphatic carbocycles. The molecule has 6 rings (SSSR count). The van der Waals surface area contributed by atoms with Crippen molar-refractivity contribution in [1.82, 2.24) is 4.90 Å². The minimum absolute atomic E-state index is 0.000859. The molecule has 3 aliphatic rings. The van der Waals surface area contributed by atoms with Gasteiger partial charge in [-0.25, -0.2) is 4.79 Å². The average molecular weight is 502 g/mol. The molecule has 3 aromatic rings. The molecule has 2 aliphatic heterocycles. The highest BCUT2D eigenvalue weighted by Gasteiger charge is 2.49. The smallest absolute Gasteiger partial charge is 0.410 e. The molecule has 2 heterocycles. The van der Waals surface area contributed by atoms with E-state index in [4.69, 9.17) is 18.9 Å². The van der Waals surface area contributed by atoms with Crippen molar-refractivity contribution in [1.29, 1.82) is 0 Å². The molecule has 2 atom stereocenters. The molecule has 2 bridgehead atoms. The maximum Gasteiger partial charge on any atom is 0.410 e. The molecule has 37 heavy (non-hydrogen) atoms. The van der Waals surface area contributed by atoms with Gasteiger partial charge >= 0.3 is 6.09 Å². The average Bonchev–Trinajstić information content (AvgIpc) is 3.24. The van der Waals surface area contributed by atoms with Crippen LogP contribution in [0.4, 0.5) is 4.79 Å². The molecule has 2 saturated heterocycles. The number of rotatable bonds is 5. The van der Waals surface area contributed by atoms with Crippen LogP contribution in [-0.4, -0.2) is 62.2 Å². The van der Waals surface area contributed by atoms with Gasteiger partial charge in [0.25, 0.3) is 0 Å². The van der Waals surface area contributed by atoms with Crippen molar-refractivity contribution >= 4 is 6.09 Å². The highest BCUT2D eigenvalue weighted by Crippen LogP contribution is 2.46. The van der Waals surface area contributed by atoms with Gasteiger partial charge in [0.15, 0.2) is 11.5 Å².